The molecular weight excluding hydrogens is 272 g/mol. The van der Waals surface area contributed by atoms with E-state index in [2.05, 4.69) is 5.32 Å². The zero-order chi connectivity index (χ0) is 15.5. The number of rotatable bonds is 8. The third kappa shape index (κ3) is 3.37. The van der Waals surface area contributed by atoms with E-state index in [1.54, 1.807) is 18.9 Å². The van der Waals surface area contributed by atoms with Crippen LogP contribution < -0.4 is 5.32 Å². The highest BCUT2D eigenvalue weighted by atomic mass is 16.5. The van der Waals surface area contributed by atoms with Crippen LogP contribution in [0.4, 0.5) is 0 Å². The summed E-state index contributed by atoms with van der Waals surface area (Å²) >= 11 is 0. The van der Waals surface area contributed by atoms with Gasteiger partial charge in [-0.05, 0) is 39.0 Å². The van der Waals surface area contributed by atoms with E-state index in [0.717, 1.165) is 19.3 Å². The monoisotopic (exact) mass is 298 g/mol. The molecule has 120 valence electrons. The Morgan fingerprint density at radius 3 is 2.62 bits per heavy atom. The fourth-order valence-electron chi connectivity index (χ4n) is 2.95. The van der Waals surface area contributed by atoms with Crippen LogP contribution in [0.15, 0.2) is 0 Å². The average molecular weight is 298 g/mol. The van der Waals surface area contributed by atoms with Crippen molar-refractivity contribution in [1.82, 2.24) is 10.2 Å². The van der Waals surface area contributed by atoms with E-state index < -0.39 is 11.6 Å². The summed E-state index contributed by atoms with van der Waals surface area (Å²) in [4.78, 5) is 26.5. The molecule has 1 aliphatic heterocycles. The molecule has 0 aromatic carbocycles. The Balaban J connectivity index is 1.92. The number of piperazine rings is 1. The molecule has 0 aromatic rings. The van der Waals surface area contributed by atoms with Crippen molar-refractivity contribution >= 4 is 11.8 Å². The van der Waals surface area contributed by atoms with Gasteiger partial charge in [0.05, 0.1) is 6.61 Å². The van der Waals surface area contributed by atoms with Gasteiger partial charge in [-0.2, -0.15) is 0 Å². The van der Waals surface area contributed by atoms with Crippen molar-refractivity contribution < 1.29 is 19.1 Å². The first-order valence-electron chi connectivity index (χ1n) is 7.71. The van der Waals surface area contributed by atoms with Gasteiger partial charge in [-0.15, -0.1) is 0 Å². The minimum atomic E-state index is -0.709. The molecule has 1 heterocycles. The third-order valence-electron chi connectivity index (χ3n) is 4.47. The standard InChI is InChI=1S/C15H26N2O4/c1-11-13(18)17(7-10-21-9-4-8-20-3)15(2,12-5-6-12)14(19)16-11/h11-12H,4-10H2,1-3H3,(H,16,19). The van der Waals surface area contributed by atoms with Crippen LogP contribution >= 0.6 is 0 Å². The fraction of sp³-hybridized carbons (Fsp3) is 0.867. The number of nitrogens with zero attached hydrogens (tertiary/aromatic N) is 1. The Kier molecular flexibility index (Phi) is 5.22. The minimum Gasteiger partial charge on any atom is -0.385 e. The second kappa shape index (κ2) is 6.75. The lowest BCUT2D eigenvalue weighted by Gasteiger charge is -2.46. The molecule has 0 spiro atoms. The smallest absolute Gasteiger partial charge is 0.246 e. The van der Waals surface area contributed by atoms with Crippen LogP contribution in [0.2, 0.25) is 0 Å². The van der Waals surface area contributed by atoms with Crippen molar-refractivity contribution in [2.24, 2.45) is 5.92 Å². The van der Waals surface area contributed by atoms with Gasteiger partial charge in [0.25, 0.3) is 0 Å². The summed E-state index contributed by atoms with van der Waals surface area (Å²) in [5.41, 5.74) is -0.709. The van der Waals surface area contributed by atoms with Gasteiger partial charge in [0.1, 0.15) is 11.6 Å². The number of hydrogen-bond donors (Lipinski definition) is 1. The number of carbonyl (C=O) groups is 2. The maximum atomic E-state index is 12.4. The van der Waals surface area contributed by atoms with Gasteiger partial charge in [0, 0.05) is 26.9 Å². The van der Waals surface area contributed by atoms with E-state index in [9.17, 15) is 9.59 Å². The van der Waals surface area contributed by atoms with Crippen LogP contribution in [-0.2, 0) is 19.1 Å². The SMILES string of the molecule is COCCCOCCN1C(=O)C(C)NC(=O)C1(C)C1CC1. The van der Waals surface area contributed by atoms with Gasteiger partial charge < -0.3 is 19.7 Å². The van der Waals surface area contributed by atoms with E-state index in [-0.39, 0.29) is 17.7 Å². The quantitative estimate of drug-likeness (QED) is 0.665. The van der Waals surface area contributed by atoms with Crippen LogP contribution in [0.5, 0.6) is 0 Å². The maximum absolute atomic E-state index is 12.4. The molecule has 0 bridgehead atoms. The summed E-state index contributed by atoms with van der Waals surface area (Å²) in [5.74, 6) is 0.239. The second-order valence-corrected chi connectivity index (χ2v) is 6.07. The van der Waals surface area contributed by atoms with Crippen molar-refractivity contribution in [3.63, 3.8) is 0 Å². The van der Waals surface area contributed by atoms with E-state index in [4.69, 9.17) is 9.47 Å². The van der Waals surface area contributed by atoms with Crippen LogP contribution in [0.3, 0.4) is 0 Å². The highest BCUT2D eigenvalue weighted by molar-refractivity contribution is 5.99. The zero-order valence-electron chi connectivity index (χ0n) is 13.2. The molecular formula is C15H26N2O4. The maximum Gasteiger partial charge on any atom is 0.246 e. The second-order valence-electron chi connectivity index (χ2n) is 6.07. The summed E-state index contributed by atoms with van der Waals surface area (Å²) in [6, 6.07) is -0.446. The van der Waals surface area contributed by atoms with Crippen molar-refractivity contribution in [3.8, 4) is 0 Å². The topological polar surface area (TPSA) is 67.9 Å². The largest absolute Gasteiger partial charge is 0.385 e. The Bertz CT molecular complexity index is 397. The summed E-state index contributed by atoms with van der Waals surface area (Å²) in [7, 11) is 1.66. The number of methoxy groups -OCH3 is 1. The number of carbonyl (C=O) groups excluding carboxylic acids is 2. The molecule has 6 heteroatoms. The van der Waals surface area contributed by atoms with Crippen LogP contribution in [0.25, 0.3) is 0 Å². The van der Waals surface area contributed by atoms with Gasteiger partial charge >= 0.3 is 0 Å². The molecule has 2 atom stereocenters. The first kappa shape index (κ1) is 16.2. The third-order valence-corrected chi connectivity index (χ3v) is 4.47. The molecule has 1 saturated carbocycles. The predicted molar refractivity (Wildman–Crippen MR) is 77.8 cm³/mol. The molecule has 2 aliphatic rings. The Hall–Kier alpha value is -1.14. The number of amides is 2. The van der Waals surface area contributed by atoms with Gasteiger partial charge in [-0.1, -0.05) is 0 Å². The average Bonchev–Trinajstić information content (AvgIpc) is 3.28. The highest BCUT2D eigenvalue weighted by Crippen LogP contribution is 2.44. The molecule has 2 rings (SSSR count). The lowest BCUT2D eigenvalue weighted by molar-refractivity contribution is -0.158. The van der Waals surface area contributed by atoms with Gasteiger partial charge in [0.2, 0.25) is 11.8 Å². The molecule has 2 fully saturated rings. The molecule has 6 nitrogen and oxygen atoms in total. The van der Waals surface area contributed by atoms with Crippen molar-refractivity contribution in [2.75, 3.05) is 33.5 Å². The van der Waals surface area contributed by atoms with Crippen molar-refractivity contribution in [1.29, 1.82) is 0 Å². The Morgan fingerprint density at radius 2 is 2.00 bits per heavy atom. The van der Waals surface area contributed by atoms with Crippen molar-refractivity contribution in [2.45, 2.75) is 44.7 Å². The number of ether oxygens (including phenoxy) is 2. The summed E-state index contributed by atoms with van der Waals surface area (Å²) < 4.78 is 10.5. The Labute approximate surface area is 126 Å². The van der Waals surface area contributed by atoms with Gasteiger partial charge in [-0.3, -0.25) is 9.59 Å². The molecule has 0 radical (unpaired) electrons. The summed E-state index contributed by atoms with van der Waals surface area (Å²) in [5, 5.41) is 2.80. The van der Waals surface area contributed by atoms with E-state index in [1.807, 2.05) is 6.92 Å². The molecule has 21 heavy (non-hydrogen) atoms. The molecule has 2 amide bonds. The van der Waals surface area contributed by atoms with E-state index in [1.165, 1.54) is 0 Å². The first-order chi connectivity index (χ1) is 10.0. The number of nitrogens with one attached hydrogen (secondary N) is 1. The van der Waals surface area contributed by atoms with Crippen LogP contribution in [-0.4, -0.2) is 61.8 Å². The number of hydrogen-bond acceptors (Lipinski definition) is 4. The van der Waals surface area contributed by atoms with E-state index in [0.29, 0.717) is 26.4 Å². The minimum absolute atomic E-state index is 0.00973. The lowest BCUT2D eigenvalue weighted by Crippen LogP contribution is -2.70. The van der Waals surface area contributed by atoms with Crippen molar-refractivity contribution in [3.05, 3.63) is 0 Å². The highest BCUT2D eigenvalue weighted by Gasteiger charge is 2.56. The van der Waals surface area contributed by atoms with E-state index >= 15 is 0 Å². The summed E-state index contributed by atoms with van der Waals surface area (Å²) in [6.45, 7) is 5.82. The normalized spacial score (nSPS) is 29.7. The molecule has 0 aromatic heterocycles. The molecule has 2 unspecified atom stereocenters. The molecule has 1 aliphatic carbocycles. The predicted octanol–water partition coefficient (Wildman–Crippen LogP) is 0.555. The van der Waals surface area contributed by atoms with Gasteiger partial charge in [-0.25, -0.2) is 0 Å². The molecule has 1 N–H and O–H groups in total. The summed E-state index contributed by atoms with van der Waals surface area (Å²) in [6.07, 6.45) is 2.86. The fourth-order valence-corrected chi connectivity index (χ4v) is 2.95. The van der Waals surface area contributed by atoms with Crippen LogP contribution in [0, 0.1) is 5.92 Å². The zero-order valence-corrected chi connectivity index (χ0v) is 13.2. The lowest BCUT2D eigenvalue weighted by atomic mass is 9.88. The molecule has 1 saturated heterocycles. The first-order valence-corrected chi connectivity index (χ1v) is 7.71. The van der Waals surface area contributed by atoms with Gasteiger partial charge in [0.15, 0.2) is 0 Å². The van der Waals surface area contributed by atoms with Crippen LogP contribution in [0.1, 0.15) is 33.1 Å². The Morgan fingerprint density at radius 1 is 1.29 bits per heavy atom.